The number of halogens is 1. The number of hydroxylamine groups is 2. The molecule has 14 heavy (non-hydrogen) atoms. The average Bonchev–Trinajstić information content (AvgIpc) is 2.71. The maximum Gasteiger partial charge on any atom is 0.280 e. The number of hydrogen-bond donors (Lipinski definition) is 0. The quantitative estimate of drug-likeness (QED) is 0.651. The molecule has 0 aliphatic carbocycles. The van der Waals surface area contributed by atoms with Crippen LogP contribution >= 0.6 is 11.6 Å². The summed E-state index contributed by atoms with van der Waals surface area (Å²) in [6.45, 7) is 1.20. The van der Waals surface area contributed by atoms with E-state index in [2.05, 4.69) is 9.97 Å². The van der Waals surface area contributed by atoms with Gasteiger partial charge in [0.15, 0.2) is 0 Å². The van der Waals surface area contributed by atoms with Crippen LogP contribution in [0.2, 0.25) is 5.28 Å². The van der Waals surface area contributed by atoms with E-state index >= 15 is 0 Å². The van der Waals surface area contributed by atoms with Crippen molar-refractivity contribution in [3.05, 3.63) is 23.2 Å². The zero-order valence-corrected chi connectivity index (χ0v) is 8.07. The molecule has 2 rings (SSSR count). The van der Waals surface area contributed by atoms with E-state index in [9.17, 15) is 4.79 Å². The molecule has 1 fully saturated rings. The van der Waals surface area contributed by atoms with Crippen LogP contribution in [0.5, 0.6) is 0 Å². The Morgan fingerprint density at radius 3 is 2.79 bits per heavy atom. The Hall–Kier alpha value is -1.20. The van der Waals surface area contributed by atoms with Crippen LogP contribution in [0.3, 0.4) is 0 Å². The molecule has 2 heterocycles. The van der Waals surface area contributed by atoms with Crippen molar-refractivity contribution in [1.29, 1.82) is 0 Å². The van der Waals surface area contributed by atoms with Crippen LogP contribution in [0.15, 0.2) is 12.4 Å². The van der Waals surface area contributed by atoms with Crippen molar-refractivity contribution in [2.24, 2.45) is 0 Å². The van der Waals surface area contributed by atoms with Crippen LogP contribution in [0.4, 0.5) is 0 Å². The summed E-state index contributed by atoms with van der Waals surface area (Å²) in [4.78, 5) is 24.2. The van der Waals surface area contributed by atoms with Gasteiger partial charge in [0.2, 0.25) is 5.28 Å². The highest BCUT2D eigenvalue weighted by Gasteiger charge is 2.21. The van der Waals surface area contributed by atoms with E-state index in [0.29, 0.717) is 18.7 Å². The Labute approximate surface area is 85.6 Å². The Morgan fingerprint density at radius 2 is 2.21 bits per heavy atom. The summed E-state index contributed by atoms with van der Waals surface area (Å²) in [7, 11) is 0. The highest BCUT2D eigenvalue weighted by Crippen LogP contribution is 2.10. The SMILES string of the molecule is O=C(c1cnc(Cl)nc1)N1CCCO1. The lowest BCUT2D eigenvalue weighted by Crippen LogP contribution is -2.26. The van der Waals surface area contributed by atoms with Crippen molar-refractivity contribution in [1.82, 2.24) is 15.0 Å². The van der Waals surface area contributed by atoms with E-state index in [1.807, 2.05) is 0 Å². The van der Waals surface area contributed by atoms with Gasteiger partial charge in [-0.2, -0.15) is 0 Å². The maximum atomic E-state index is 11.6. The highest BCUT2D eigenvalue weighted by atomic mass is 35.5. The predicted octanol–water partition coefficient (Wildman–Crippen LogP) is 0.907. The Bertz CT molecular complexity index is 335. The summed E-state index contributed by atoms with van der Waals surface area (Å²) in [6, 6.07) is 0. The molecule has 1 aromatic heterocycles. The zero-order chi connectivity index (χ0) is 9.97. The number of aromatic nitrogens is 2. The number of hydrogen-bond acceptors (Lipinski definition) is 4. The van der Waals surface area contributed by atoms with Crippen molar-refractivity contribution in [2.75, 3.05) is 13.2 Å². The summed E-state index contributed by atoms with van der Waals surface area (Å²) in [5, 5.41) is 1.44. The third kappa shape index (κ3) is 1.83. The first-order valence-corrected chi connectivity index (χ1v) is 4.57. The molecule has 74 valence electrons. The van der Waals surface area contributed by atoms with Crippen molar-refractivity contribution in [3.8, 4) is 0 Å². The molecule has 1 aliphatic rings. The minimum absolute atomic E-state index is 0.129. The molecule has 0 N–H and O–H groups in total. The molecule has 0 radical (unpaired) electrons. The van der Waals surface area contributed by atoms with Gasteiger partial charge in [-0.1, -0.05) is 0 Å². The van der Waals surface area contributed by atoms with Crippen LogP contribution < -0.4 is 0 Å². The largest absolute Gasteiger partial charge is 0.280 e. The molecule has 1 aromatic rings. The van der Waals surface area contributed by atoms with Gasteiger partial charge in [-0.25, -0.2) is 15.0 Å². The fraction of sp³-hybridized carbons (Fsp3) is 0.375. The van der Waals surface area contributed by atoms with Gasteiger partial charge in [0.05, 0.1) is 18.7 Å². The normalized spacial score (nSPS) is 15.9. The van der Waals surface area contributed by atoms with E-state index in [-0.39, 0.29) is 11.2 Å². The lowest BCUT2D eigenvalue weighted by Gasteiger charge is -2.12. The molecule has 0 bridgehead atoms. The van der Waals surface area contributed by atoms with E-state index in [0.717, 1.165) is 6.42 Å². The molecule has 1 saturated heterocycles. The number of carbonyl (C=O) groups is 1. The third-order valence-electron chi connectivity index (χ3n) is 1.85. The van der Waals surface area contributed by atoms with Crippen LogP contribution in [0.1, 0.15) is 16.8 Å². The minimum Gasteiger partial charge on any atom is -0.271 e. The summed E-state index contributed by atoms with van der Waals surface area (Å²) in [5.74, 6) is -0.223. The Morgan fingerprint density at radius 1 is 1.50 bits per heavy atom. The molecule has 5 nitrogen and oxygen atoms in total. The van der Waals surface area contributed by atoms with Crippen molar-refractivity contribution in [2.45, 2.75) is 6.42 Å². The molecular formula is C8H8ClN3O2. The molecule has 0 unspecified atom stereocenters. The van der Waals surface area contributed by atoms with Crippen LogP contribution in [0, 0.1) is 0 Å². The predicted molar refractivity (Wildman–Crippen MR) is 48.6 cm³/mol. The maximum absolute atomic E-state index is 11.6. The number of rotatable bonds is 1. The second-order valence-corrected chi connectivity index (χ2v) is 3.17. The first-order chi connectivity index (χ1) is 6.77. The fourth-order valence-corrected chi connectivity index (χ4v) is 1.27. The molecule has 1 amide bonds. The summed E-state index contributed by atoms with van der Waals surface area (Å²) < 4.78 is 0. The minimum atomic E-state index is -0.223. The number of nitrogens with zero attached hydrogens (tertiary/aromatic N) is 3. The van der Waals surface area contributed by atoms with Crippen molar-refractivity contribution < 1.29 is 9.63 Å². The topological polar surface area (TPSA) is 55.3 Å². The third-order valence-corrected chi connectivity index (χ3v) is 2.04. The van der Waals surface area contributed by atoms with Crippen LogP contribution in [-0.2, 0) is 4.84 Å². The highest BCUT2D eigenvalue weighted by molar-refractivity contribution is 6.28. The van der Waals surface area contributed by atoms with Gasteiger partial charge in [-0.15, -0.1) is 0 Å². The standard InChI is InChI=1S/C8H8ClN3O2/c9-8-10-4-6(5-11-8)7(13)12-2-1-3-14-12/h4-5H,1-3H2. The van der Waals surface area contributed by atoms with Gasteiger partial charge in [-0.3, -0.25) is 9.63 Å². The van der Waals surface area contributed by atoms with Gasteiger partial charge in [0.25, 0.3) is 5.91 Å². The molecule has 0 aromatic carbocycles. The molecule has 0 spiro atoms. The average molecular weight is 214 g/mol. The first kappa shape index (κ1) is 9.36. The van der Waals surface area contributed by atoms with E-state index in [4.69, 9.17) is 16.4 Å². The van der Waals surface area contributed by atoms with E-state index in [1.54, 1.807) is 0 Å². The number of amides is 1. The molecule has 1 aliphatic heterocycles. The smallest absolute Gasteiger partial charge is 0.271 e. The number of carbonyl (C=O) groups excluding carboxylic acids is 1. The molecule has 0 saturated carbocycles. The van der Waals surface area contributed by atoms with Crippen LogP contribution in [0.25, 0.3) is 0 Å². The van der Waals surface area contributed by atoms with Gasteiger partial charge < -0.3 is 0 Å². The first-order valence-electron chi connectivity index (χ1n) is 4.20. The Balaban J connectivity index is 2.14. The van der Waals surface area contributed by atoms with Crippen LogP contribution in [-0.4, -0.2) is 34.1 Å². The second kappa shape index (κ2) is 3.89. The van der Waals surface area contributed by atoms with E-state index < -0.39 is 0 Å². The summed E-state index contributed by atoms with van der Waals surface area (Å²) in [6.07, 6.45) is 3.64. The van der Waals surface area contributed by atoms with Gasteiger partial charge in [-0.05, 0) is 18.0 Å². The van der Waals surface area contributed by atoms with Gasteiger partial charge in [0.1, 0.15) is 0 Å². The van der Waals surface area contributed by atoms with Gasteiger partial charge in [0, 0.05) is 12.4 Å². The van der Waals surface area contributed by atoms with Gasteiger partial charge >= 0.3 is 0 Å². The summed E-state index contributed by atoms with van der Waals surface area (Å²) >= 11 is 5.50. The Kier molecular flexibility index (Phi) is 2.60. The summed E-state index contributed by atoms with van der Waals surface area (Å²) in [5.41, 5.74) is 0.385. The fourth-order valence-electron chi connectivity index (χ4n) is 1.17. The second-order valence-electron chi connectivity index (χ2n) is 2.83. The van der Waals surface area contributed by atoms with E-state index in [1.165, 1.54) is 17.5 Å². The lowest BCUT2D eigenvalue weighted by atomic mass is 10.3. The molecule has 0 atom stereocenters. The molecule has 6 heteroatoms. The lowest BCUT2D eigenvalue weighted by molar-refractivity contribution is -0.0768. The molecular weight excluding hydrogens is 206 g/mol. The monoisotopic (exact) mass is 213 g/mol. The zero-order valence-electron chi connectivity index (χ0n) is 7.31. The van der Waals surface area contributed by atoms with Crippen molar-refractivity contribution in [3.63, 3.8) is 0 Å². The van der Waals surface area contributed by atoms with Crippen molar-refractivity contribution >= 4 is 17.5 Å².